The highest BCUT2D eigenvalue weighted by molar-refractivity contribution is 6.11. The molecule has 0 saturated carbocycles. The number of halogens is 3. The minimum absolute atomic E-state index is 0.0245. The van der Waals surface area contributed by atoms with Gasteiger partial charge in [0.05, 0.1) is 23.1 Å². The van der Waals surface area contributed by atoms with E-state index in [9.17, 15) is 18.0 Å². The zero-order valence-electron chi connectivity index (χ0n) is 15.9. The fourth-order valence-corrected chi connectivity index (χ4v) is 3.29. The van der Waals surface area contributed by atoms with Gasteiger partial charge in [0, 0.05) is 23.4 Å². The van der Waals surface area contributed by atoms with Crippen LogP contribution in [0.3, 0.4) is 0 Å². The number of hydrazone groups is 1. The van der Waals surface area contributed by atoms with Crippen molar-refractivity contribution in [2.75, 3.05) is 5.43 Å². The fraction of sp³-hybridized carbons (Fsp3) is 0.0435. The number of benzene rings is 2. The number of nitrogens with zero attached hydrogens (tertiary/aromatic N) is 2. The minimum atomic E-state index is -0.766. The fourth-order valence-electron chi connectivity index (χ4n) is 3.29. The standard InChI is InChI=1S/C23H16F3N3O/c1-14-18(13-27-28-20-10-9-17(25)12-19(20)26)21-4-2-3-11-29(21)22(14)23(30)15-5-7-16(24)8-6-15/h2-13,28H,1H3/b27-13-. The molecule has 150 valence electrons. The molecule has 0 radical (unpaired) electrons. The van der Waals surface area contributed by atoms with Crippen molar-refractivity contribution < 1.29 is 18.0 Å². The lowest BCUT2D eigenvalue weighted by molar-refractivity contribution is 0.103. The van der Waals surface area contributed by atoms with Crippen molar-refractivity contribution in [1.29, 1.82) is 0 Å². The van der Waals surface area contributed by atoms with Crippen molar-refractivity contribution >= 4 is 23.2 Å². The molecule has 1 N–H and O–H groups in total. The molecule has 0 bridgehead atoms. The van der Waals surface area contributed by atoms with Crippen molar-refractivity contribution in [3.8, 4) is 0 Å². The lowest BCUT2D eigenvalue weighted by Crippen LogP contribution is -2.07. The number of hydrogen-bond acceptors (Lipinski definition) is 3. The van der Waals surface area contributed by atoms with Gasteiger partial charge in [0.15, 0.2) is 5.82 Å². The van der Waals surface area contributed by atoms with E-state index >= 15 is 0 Å². The summed E-state index contributed by atoms with van der Waals surface area (Å²) in [6.07, 6.45) is 3.23. The Morgan fingerprint density at radius 1 is 1.00 bits per heavy atom. The first kappa shape index (κ1) is 19.4. The summed E-state index contributed by atoms with van der Waals surface area (Å²) >= 11 is 0. The first-order chi connectivity index (χ1) is 14.5. The highest BCUT2D eigenvalue weighted by Crippen LogP contribution is 2.24. The first-order valence-corrected chi connectivity index (χ1v) is 9.10. The highest BCUT2D eigenvalue weighted by Gasteiger charge is 2.20. The lowest BCUT2D eigenvalue weighted by atomic mass is 10.0. The van der Waals surface area contributed by atoms with Crippen molar-refractivity contribution in [1.82, 2.24) is 4.40 Å². The van der Waals surface area contributed by atoms with Gasteiger partial charge in [0.2, 0.25) is 5.78 Å². The van der Waals surface area contributed by atoms with Gasteiger partial charge in [-0.2, -0.15) is 5.10 Å². The summed E-state index contributed by atoms with van der Waals surface area (Å²) < 4.78 is 41.8. The second-order valence-electron chi connectivity index (χ2n) is 6.67. The molecule has 0 amide bonds. The van der Waals surface area contributed by atoms with E-state index in [1.807, 2.05) is 12.1 Å². The summed E-state index contributed by atoms with van der Waals surface area (Å²) in [6, 6.07) is 13.9. The van der Waals surface area contributed by atoms with Crippen molar-refractivity contribution in [2.24, 2.45) is 5.10 Å². The maximum absolute atomic E-state index is 13.8. The molecule has 0 aliphatic rings. The number of anilines is 1. The molecule has 7 heteroatoms. The Balaban J connectivity index is 1.73. The summed E-state index contributed by atoms with van der Waals surface area (Å²) in [4.78, 5) is 13.1. The van der Waals surface area contributed by atoms with Crippen molar-refractivity contribution in [3.05, 3.63) is 107 Å². The van der Waals surface area contributed by atoms with E-state index in [0.29, 0.717) is 22.4 Å². The molecular formula is C23H16F3N3O. The third kappa shape index (κ3) is 3.57. The summed E-state index contributed by atoms with van der Waals surface area (Å²) in [6.45, 7) is 1.78. The van der Waals surface area contributed by atoms with Gasteiger partial charge in [-0.3, -0.25) is 10.2 Å². The Morgan fingerprint density at radius 3 is 2.47 bits per heavy atom. The van der Waals surface area contributed by atoms with Crippen LogP contribution in [0.1, 0.15) is 27.2 Å². The molecule has 4 aromatic rings. The van der Waals surface area contributed by atoms with Crippen LogP contribution in [0, 0.1) is 24.4 Å². The molecule has 30 heavy (non-hydrogen) atoms. The molecule has 2 aromatic heterocycles. The molecule has 0 aliphatic heterocycles. The minimum Gasteiger partial charge on any atom is -0.313 e. The van der Waals surface area contributed by atoms with Gasteiger partial charge in [-0.05, 0) is 61.0 Å². The number of carbonyl (C=O) groups is 1. The molecule has 0 fully saturated rings. The Bertz CT molecular complexity index is 1280. The number of rotatable bonds is 5. The third-order valence-electron chi connectivity index (χ3n) is 4.77. The molecule has 2 heterocycles. The third-order valence-corrected chi connectivity index (χ3v) is 4.77. The molecule has 4 nitrogen and oxygen atoms in total. The van der Waals surface area contributed by atoms with E-state index in [0.717, 1.165) is 17.6 Å². The topological polar surface area (TPSA) is 45.9 Å². The normalized spacial score (nSPS) is 11.3. The molecule has 4 rings (SSSR count). The van der Waals surface area contributed by atoms with E-state index in [4.69, 9.17) is 0 Å². The molecule has 0 unspecified atom stereocenters. The predicted molar refractivity (Wildman–Crippen MR) is 110 cm³/mol. The highest BCUT2D eigenvalue weighted by atomic mass is 19.1. The van der Waals surface area contributed by atoms with Gasteiger partial charge in [0.1, 0.15) is 11.6 Å². The van der Waals surface area contributed by atoms with Crippen LogP contribution < -0.4 is 5.43 Å². The van der Waals surface area contributed by atoms with Crippen molar-refractivity contribution in [3.63, 3.8) is 0 Å². The summed E-state index contributed by atoms with van der Waals surface area (Å²) in [7, 11) is 0. The van der Waals surface area contributed by atoms with Gasteiger partial charge in [-0.1, -0.05) is 6.07 Å². The predicted octanol–water partition coefficient (Wildman–Crippen LogP) is 5.34. The number of ketones is 1. The zero-order valence-corrected chi connectivity index (χ0v) is 15.9. The zero-order chi connectivity index (χ0) is 21.3. The van der Waals surface area contributed by atoms with E-state index in [-0.39, 0.29) is 11.5 Å². The van der Waals surface area contributed by atoms with E-state index in [2.05, 4.69) is 10.5 Å². The average molecular weight is 407 g/mol. The number of carbonyl (C=O) groups excluding carboxylic acids is 1. The van der Waals surface area contributed by atoms with Gasteiger partial charge in [0.25, 0.3) is 0 Å². The number of nitrogens with one attached hydrogen (secondary N) is 1. The summed E-state index contributed by atoms with van der Waals surface area (Å²) in [5, 5.41) is 4.06. The Labute approximate surface area is 170 Å². The Kier molecular flexibility index (Phi) is 5.10. The number of hydrogen-bond donors (Lipinski definition) is 1. The van der Waals surface area contributed by atoms with Gasteiger partial charge < -0.3 is 4.40 Å². The monoisotopic (exact) mass is 407 g/mol. The molecule has 0 spiro atoms. The second kappa shape index (κ2) is 7.87. The Morgan fingerprint density at radius 2 is 1.73 bits per heavy atom. The van der Waals surface area contributed by atoms with E-state index < -0.39 is 17.5 Å². The Hall–Kier alpha value is -3.87. The van der Waals surface area contributed by atoms with Crippen LogP contribution in [-0.2, 0) is 0 Å². The second-order valence-corrected chi connectivity index (χ2v) is 6.67. The average Bonchev–Trinajstić information content (AvgIpc) is 3.01. The van der Waals surface area contributed by atoms with Gasteiger partial charge in [-0.15, -0.1) is 0 Å². The largest absolute Gasteiger partial charge is 0.313 e. The van der Waals surface area contributed by atoms with Gasteiger partial charge >= 0.3 is 0 Å². The maximum Gasteiger partial charge on any atom is 0.210 e. The smallest absolute Gasteiger partial charge is 0.210 e. The SMILES string of the molecule is Cc1c(/C=N\Nc2ccc(F)cc2F)c2ccccn2c1C(=O)c1ccc(F)cc1. The first-order valence-electron chi connectivity index (χ1n) is 9.10. The number of aromatic nitrogens is 1. The molecule has 0 atom stereocenters. The van der Waals surface area contributed by atoms with Crippen LogP contribution in [0.2, 0.25) is 0 Å². The molecule has 2 aromatic carbocycles. The molecule has 0 saturated heterocycles. The van der Waals surface area contributed by atoms with Crippen molar-refractivity contribution in [2.45, 2.75) is 6.92 Å². The van der Waals surface area contributed by atoms with Crippen LogP contribution >= 0.6 is 0 Å². The van der Waals surface area contributed by atoms with E-state index in [1.54, 1.807) is 23.6 Å². The van der Waals surface area contributed by atoms with Crippen LogP contribution in [0.4, 0.5) is 18.9 Å². The summed E-state index contributed by atoms with van der Waals surface area (Å²) in [5.41, 5.74) is 5.41. The number of fused-ring (bicyclic) bond motifs is 1. The quantitative estimate of drug-likeness (QED) is 0.276. The summed E-state index contributed by atoms with van der Waals surface area (Å²) in [5.74, 6) is -2.13. The molecule has 0 aliphatic carbocycles. The van der Waals surface area contributed by atoms with Gasteiger partial charge in [-0.25, -0.2) is 13.2 Å². The van der Waals surface area contributed by atoms with Crippen LogP contribution in [0.15, 0.2) is 72.0 Å². The van der Waals surface area contributed by atoms with E-state index in [1.165, 1.54) is 36.5 Å². The molecular weight excluding hydrogens is 391 g/mol. The number of pyridine rings is 1. The maximum atomic E-state index is 13.8. The lowest BCUT2D eigenvalue weighted by Gasteiger charge is -2.04. The van der Waals surface area contributed by atoms with Crippen LogP contribution in [0.25, 0.3) is 5.52 Å². The van der Waals surface area contributed by atoms with Crippen LogP contribution in [-0.4, -0.2) is 16.4 Å². The van der Waals surface area contributed by atoms with Crippen LogP contribution in [0.5, 0.6) is 0 Å².